The Morgan fingerprint density at radius 3 is 2.57 bits per heavy atom. The summed E-state index contributed by atoms with van der Waals surface area (Å²) in [6.45, 7) is 2.48. The van der Waals surface area contributed by atoms with Crippen LogP contribution < -0.4 is 10.2 Å². The van der Waals surface area contributed by atoms with Crippen LogP contribution in [0.1, 0.15) is 36.5 Å². The van der Waals surface area contributed by atoms with Crippen molar-refractivity contribution in [2.45, 2.75) is 32.2 Å². The number of hydrogen-bond donors (Lipinski definition) is 2. The highest BCUT2D eigenvalue weighted by Crippen LogP contribution is 2.21. The zero-order valence-corrected chi connectivity index (χ0v) is 13.0. The number of hydrogen-bond acceptors (Lipinski definition) is 3. The molecule has 0 spiro atoms. The molecular formula is C17H20N2O4. The lowest BCUT2D eigenvalue weighted by atomic mass is 10.1. The number of nitrogens with one attached hydrogen (secondary N) is 1. The van der Waals surface area contributed by atoms with E-state index in [-0.39, 0.29) is 12.3 Å². The van der Waals surface area contributed by atoms with Crippen LogP contribution in [0.25, 0.3) is 0 Å². The number of rotatable bonds is 6. The summed E-state index contributed by atoms with van der Waals surface area (Å²) >= 11 is 0. The van der Waals surface area contributed by atoms with E-state index in [2.05, 4.69) is 5.32 Å². The molecule has 122 valence electrons. The molecule has 0 bridgehead atoms. The van der Waals surface area contributed by atoms with Crippen LogP contribution >= 0.6 is 0 Å². The Kier molecular flexibility index (Phi) is 5.51. The van der Waals surface area contributed by atoms with Crippen molar-refractivity contribution in [1.82, 2.24) is 5.32 Å². The molecule has 1 saturated heterocycles. The lowest BCUT2D eigenvalue weighted by Gasteiger charge is -2.16. The molecule has 2 rings (SSSR count). The van der Waals surface area contributed by atoms with Crippen LogP contribution in [-0.2, 0) is 9.59 Å². The van der Waals surface area contributed by atoms with E-state index < -0.39 is 17.9 Å². The first kappa shape index (κ1) is 16.7. The Balaban J connectivity index is 2.04. The molecule has 1 aromatic rings. The van der Waals surface area contributed by atoms with Gasteiger partial charge in [-0.3, -0.25) is 9.59 Å². The van der Waals surface area contributed by atoms with Gasteiger partial charge in [0, 0.05) is 24.2 Å². The van der Waals surface area contributed by atoms with E-state index in [1.54, 1.807) is 48.2 Å². The molecule has 1 aliphatic rings. The highest BCUT2D eigenvalue weighted by atomic mass is 16.4. The van der Waals surface area contributed by atoms with Crippen molar-refractivity contribution in [2.75, 3.05) is 11.4 Å². The average Bonchev–Trinajstić information content (AvgIpc) is 2.97. The van der Waals surface area contributed by atoms with Crippen molar-refractivity contribution in [1.29, 1.82) is 0 Å². The first-order valence-corrected chi connectivity index (χ1v) is 7.58. The largest absolute Gasteiger partial charge is 0.480 e. The number of aliphatic carboxylic acids is 1. The topological polar surface area (TPSA) is 86.7 Å². The van der Waals surface area contributed by atoms with Gasteiger partial charge in [-0.05, 0) is 44.0 Å². The Morgan fingerprint density at radius 2 is 2.04 bits per heavy atom. The second-order valence-corrected chi connectivity index (χ2v) is 5.36. The number of benzene rings is 1. The van der Waals surface area contributed by atoms with Crippen molar-refractivity contribution in [3.8, 4) is 0 Å². The zero-order valence-electron chi connectivity index (χ0n) is 13.0. The highest BCUT2D eigenvalue weighted by Gasteiger charge is 2.22. The molecule has 6 nitrogen and oxygen atoms in total. The summed E-state index contributed by atoms with van der Waals surface area (Å²) < 4.78 is 0. The van der Waals surface area contributed by atoms with Crippen LogP contribution in [0.5, 0.6) is 0 Å². The molecule has 2 amide bonds. The summed E-state index contributed by atoms with van der Waals surface area (Å²) in [4.78, 5) is 36.7. The molecule has 1 heterocycles. The van der Waals surface area contributed by atoms with Crippen LogP contribution in [0, 0.1) is 0 Å². The lowest BCUT2D eigenvalue weighted by molar-refractivity contribution is -0.139. The van der Waals surface area contributed by atoms with Gasteiger partial charge in [0.1, 0.15) is 6.04 Å². The van der Waals surface area contributed by atoms with E-state index in [4.69, 9.17) is 5.11 Å². The molecular weight excluding hydrogens is 296 g/mol. The van der Waals surface area contributed by atoms with Gasteiger partial charge < -0.3 is 15.3 Å². The number of carboxylic acids is 1. The smallest absolute Gasteiger partial charge is 0.326 e. The van der Waals surface area contributed by atoms with Crippen LogP contribution in [0.15, 0.2) is 36.4 Å². The van der Waals surface area contributed by atoms with Crippen molar-refractivity contribution in [2.24, 2.45) is 0 Å². The van der Waals surface area contributed by atoms with Gasteiger partial charge in [-0.2, -0.15) is 0 Å². The monoisotopic (exact) mass is 316 g/mol. The lowest BCUT2D eigenvalue weighted by Crippen LogP contribution is -2.40. The van der Waals surface area contributed by atoms with Crippen molar-refractivity contribution >= 4 is 23.5 Å². The highest BCUT2D eigenvalue weighted by molar-refractivity contribution is 5.98. The molecule has 0 aromatic heterocycles. The third-order valence-corrected chi connectivity index (χ3v) is 3.73. The summed E-state index contributed by atoms with van der Waals surface area (Å²) in [7, 11) is 0. The van der Waals surface area contributed by atoms with Crippen molar-refractivity contribution in [3.63, 3.8) is 0 Å². The molecule has 1 aliphatic heterocycles. The van der Waals surface area contributed by atoms with Crippen LogP contribution in [-0.4, -0.2) is 35.5 Å². The quantitative estimate of drug-likeness (QED) is 0.786. The Hall–Kier alpha value is -2.63. The Bertz CT molecular complexity index is 622. The number of carbonyl (C=O) groups is 3. The minimum Gasteiger partial charge on any atom is -0.480 e. The van der Waals surface area contributed by atoms with E-state index in [1.807, 2.05) is 0 Å². The summed E-state index contributed by atoms with van der Waals surface area (Å²) in [5.41, 5.74) is 1.12. The summed E-state index contributed by atoms with van der Waals surface area (Å²) in [6.07, 6.45) is 5.06. The maximum atomic E-state index is 12.1. The van der Waals surface area contributed by atoms with E-state index in [0.717, 1.165) is 12.1 Å². The predicted molar refractivity (Wildman–Crippen MR) is 86.4 cm³/mol. The second kappa shape index (κ2) is 7.58. The summed E-state index contributed by atoms with van der Waals surface area (Å²) in [5.74, 6) is -1.43. The molecule has 0 saturated carbocycles. The van der Waals surface area contributed by atoms with Gasteiger partial charge in [0.25, 0.3) is 5.91 Å². The molecule has 0 radical (unpaired) electrons. The van der Waals surface area contributed by atoms with E-state index >= 15 is 0 Å². The summed E-state index contributed by atoms with van der Waals surface area (Å²) in [6, 6.07) is 5.66. The van der Waals surface area contributed by atoms with Gasteiger partial charge in [-0.15, -0.1) is 0 Å². The average molecular weight is 316 g/mol. The fraction of sp³-hybridized carbons (Fsp3) is 0.353. The molecule has 2 N–H and O–H groups in total. The van der Waals surface area contributed by atoms with Crippen molar-refractivity contribution < 1.29 is 19.5 Å². The fourth-order valence-corrected chi connectivity index (χ4v) is 2.45. The van der Waals surface area contributed by atoms with Gasteiger partial charge in [0.15, 0.2) is 0 Å². The van der Waals surface area contributed by atoms with E-state index in [9.17, 15) is 14.4 Å². The minimum absolute atomic E-state index is 0.0829. The first-order chi connectivity index (χ1) is 11.0. The second-order valence-electron chi connectivity index (χ2n) is 5.36. The SMILES string of the molecule is C/C=C/CC(NC(=O)c1ccc(N2CCCC2=O)cc1)C(=O)O. The molecule has 1 unspecified atom stereocenters. The van der Waals surface area contributed by atoms with Gasteiger partial charge in [0.05, 0.1) is 0 Å². The van der Waals surface area contributed by atoms with Crippen LogP contribution in [0.2, 0.25) is 0 Å². The van der Waals surface area contributed by atoms with Gasteiger partial charge in [-0.25, -0.2) is 4.79 Å². The maximum absolute atomic E-state index is 12.1. The number of nitrogens with zero attached hydrogens (tertiary/aromatic N) is 1. The molecule has 1 fully saturated rings. The number of amides is 2. The van der Waals surface area contributed by atoms with Gasteiger partial charge >= 0.3 is 5.97 Å². The molecule has 23 heavy (non-hydrogen) atoms. The Labute approximate surface area is 134 Å². The number of carboxylic acid groups (broad SMARTS) is 1. The number of anilines is 1. The molecule has 0 aliphatic carbocycles. The maximum Gasteiger partial charge on any atom is 0.326 e. The summed E-state index contributed by atoms with van der Waals surface area (Å²) in [5, 5.41) is 11.6. The first-order valence-electron chi connectivity index (χ1n) is 7.58. The number of carbonyl (C=O) groups excluding carboxylic acids is 2. The van der Waals surface area contributed by atoms with E-state index in [1.165, 1.54) is 0 Å². The van der Waals surface area contributed by atoms with Crippen LogP contribution in [0.3, 0.4) is 0 Å². The third-order valence-electron chi connectivity index (χ3n) is 3.73. The standard InChI is InChI=1S/C17H20N2O4/c1-2-3-5-14(17(22)23)18-16(21)12-7-9-13(10-8-12)19-11-4-6-15(19)20/h2-3,7-10,14H,4-6,11H2,1H3,(H,18,21)(H,22,23)/b3-2+. The Morgan fingerprint density at radius 1 is 1.35 bits per heavy atom. The van der Waals surface area contributed by atoms with E-state index in [0.29, 0.717) is 18.5 Å². The van der Waals surface area contributed by atoms with Crippen molar-refractivity contribution in [3.05, 3.63) is 42.0 Å². The normalized spacial score (nSPS) is 15.9. The van der Waals surface area contributed by atoms with Crippen LogP contribution in [0.4, 0.5) is 5.69 Å². The van der Waals surface area contributed by atoms with Gasteiger partial charge in [0.2, 0.25) is 5.91 Å². The number of allylic oxidation sites excluding steroid dienone is 1. The molecule has 1 aromatic carbocycles. The fourth-order valence-electron chi connectivity index (χ4n) is 2.45. The molecule has 1 atom stereocenters. The third kappa shape index (κ3) is 4.18. The molecule has 6 heteroatoms. The predicted octanol–water partition coefficient (Wildman–Crippen LogP) is 1.96. The van der Waals surface area contributed by atoms with Gasteiger partial charge in [-0.1, -0.05) is 12.2 Å². The minimum atomic E-state index is -1.07. The zero-order chi connectivity index (χ0) is 16.8.